The van der Waals surface area contributed by atoms with E-state index in [2.05, 4.69) is 45.7 Å². The van der Waals surface area contributed by atoms with Crippen LogP contribution in [0.4, 0.5) is 4.79 Å². The van der Waals surface area contributed by atoms with Crippen LogP contribution >= 0.6 is 11.6 Å². The average molecular weight is 700 g/mol. The van der Waals surface area contributed by atoms with E-state index in [0.717, 1.165) is 27.9 Å². The van der Waals surface area contributed by atoms with E-state index in [1.807, 2.05) is 72.9 Å². The Labute approximate surface area is 294 Å². The molecule has 256 valence electrons. The van der Waals surface area contributed by atoms with Gasteiger partial charge in [-0.2, -0.15) is 0 Å². The molecule has 0 saturated carbocycles. The third-order valence-corrected chi connectivity index (χ3v) is 9.73. The van der Waals surface area contributed by atoms with E-state index in [1.54, 1.807) is 39.2 Å². The summed E-state index contributed by atoms with van der Waals surface area (Å²) in [5, 5.41) is 0.613. The number of aromatic nitrogens is 2. The minimum atomic E-state index is -3.81. The molecule has 1 heterocycles. The molecular formula is C39H42ClN3O5S. The van der Waals surface area contributed by atoms with Crippen molar-refractivity contribution in [2.45, 2.75) is 57.3 Å². The largest absolute Gasteiger partial charge is 0.509 e. The van der Waals surface area contributed by atoms with E-state index < -0.39 is 39.2 Å². The van der Waals surface area contributed by atoms with Gasteiger partial charge in [-0.25, -0.2) is 22.9 Å². The second-order valence-electron chi connectivity index (χ2n) is 12.9. The molecule has 0 fully saturated rings. The summed E-state index contributed by atoms with van der Waals surface area (Å²) in [6.45, 7) is 5.37. The van der Waals surface area contributed by atoms with Gasteiger partial charge in [-0.1, -0.05) is 115 Å². The molecule has 5 aromatic rings. The minimum Gasteiger partial charge on any atom is -0.430 e. The minimum absolute atomic E-state index is 0.189. The van der Waals surface area contributed by atoms with Crippen molar-refractivity contribution in [1.82, 2.24) is 14.3 Å². The van der Waals surface area contributed by atoms with Crippen molar-refractivity contribution in [3.63, 3.8) is 0 Å². The van der Waals surface area contributed by atoms with Gasteiger partial charge >= 0.3 is 6.16 Å². The number of imidazole rings is 1. The first-order valence-corrected chi connectivity index (χ1v) is 18.3. The van der Waals surface area contributed by atoms with Gasteiger partial charge in [0.05, 0.1) is 12.0 Å². The summed E-state index contributed by atoms with van der Waals surface area (Å²) in [5.74, 6) is -0.421. The number of nitrogens with zero attached hydrogens (tertiary/aromatic N) is 2. The second-order valence-corrected chi connectivity index (χ2v) is 15.2. The van der Waals surface area contributed by atoms with Crippen molar-refractivity contribution in [3.8, 4) is 0 Å². The maximum atomic E-state index is 13.2. The number of aryl methyl sites for hydroxylation is 1. The number of carbonyl (C=O) groups is 1. The number of carbonyl (C=O) groups excluding carboxylic acids is 1. The molecule has 0 aliphatic rings. The highest BCUT2D eigenvalue weighted by Crippen LogP contribution is 2.40. The fourth-order valence-electron chi connectivity index (χ4n) is 5.86. The summed E-state index contributed by atoms with van der Waals surface area (Å²) >= 11 is 5.97. The zero-order chi connectivity index (χ0) is 34.9. The molecular weight excluding hydrogens is 658 g/mol. The van der Waals surface area contributed by atoms with Crippen molar-refractivity contribution in [2.75, 3.05) is 12.3 Å². The van der Waals surface area contributed by atoms with Crippen LogP contribution in [0.15, 0.2) is 128 Å². The van der Waals surface area contributed by atoms with Gasteiger partial charge in [0.25, 0.3) is 0 Å². The quantitative estimate of drug-likeness (QED) is 0.0939. The summed E-state index contributed by atoms with van der Waals surface area (Å²) in [5.41, 5.74) is 3.29. The van der Waals surface area contributed by atoms with Gasteiger partial charge < -0.3 is 14.0 Å². The van der Waals surface area contributed by atoms with Gasteiger partial charge in [0.15, 0.2) is 0 Å². The number of nitrogens with one attached hydrogen (secondary N) is 1. The fraction of sp³-hybridized carbons (Fsp3) is 0.282. The lowest BCUT2D eigenvalue weighted by molar-refractivity contribution is -0.0239. The molecule has 1 N–H and O–H groups in total. The highest BCUT2D eigenvalue weighted by Gasteiger charge is 2.38. The maximum absolute atomic E-state index is 13.2. The van der Waals surface area contributed by atoms with Gasteiger partial charge in [0, 0.05) is 17.8 Å². The Hall–Kier alpha value is -4.44. The number of hydrogen-bond acceptors (Lipinski definition) is 6. The lowest BCUT2D eigenvalue weighted by Gasteiger charge is -2.37. The number of rotatable bonds is 14. The topological polar surface area (TPSA) is 99.5 Å². The third-order valence-electron chi connectivity index (χ3n) is 8.03. The number of sulfonamides is 1. The van der Waals surface area contributed by atoms with Crippen LogP contribution in [-0.4, -0.2) is 48.1 Å². The first-order valence-electron chi connectivity index (χ1n) is 16.3. The molecule has 1 aromatic heterocycles. The van der Waals surface area contributed by atoms with Crippen LogP contribution in [0.2, 0.25) is 5.02 Å². The van der Waals surface area contributed by atoms with E-state index in [9.17, 15) is 13.2 Å². The molecule has 8 nitrogen and oxygen atoms in total. The Kier molecular flexibility index (Phi) is 11.6. The fourth-order valence-corrected chi connectivity index (χ4v) is 7.24. The van der Waals surface area contributed by atoms with Gasteiger partial charge in [-0.15, -0.1) is 0 Å². The van der Waals surface area contributed by atoms with Crippen LogP contribution in [0.1, 0.15) is 55.1 Å². The van der Waals surface area contributed by atoms with Crippen LogP contribution in [0.3, 0.4) is 0 Å². The lowest BCUT2D eigenvalue weighted by atomic mass is 9.77. The average Bonchev–Trinajstić information content (AvgIpc) is 3.54. The summed E-state index contributed by atoms with van der Waals surface area (Å²) in [7, 11) is -3.81. The molecule has 0 saturated heterocycles. The molecule has 0 aliphatic heterocycles. The van der Waals surface area contributed by atoms with Crippen molar-refractivity contribution in [3.05, 3.63) is 161 Å². The Morgan fingerprint density at radius 3 is 1.86 bits per heavy atom. The van der Waals surface area contributed by atoms with Gasteiger partial charge in [-0.05, 0) is 74.4 Å². The van der Waals surface area contributed by atoms with E-state index >= 15 is 0 Å². The summed E-state index contributed by atoms with van der Waals surface area (Å²) in [6, 6.07) is 38.0. The molecule has 1 unspecified atom stereocenters. The van der Waals surface area contributed by atoms with Crippen molar-refractivity contribution < 1.29 is 22.7 Å². The van der Waals surface area contributed by atoms with Gasteiger partial charge in [-0.3, -0.25) is 0 Å². The Morgan fingerprint density at radius 1 is 0.816 bits per heavy atom. The molecule has 4 aromatic carbocycles. The van der Waals surface area contributed by atoms with Gasteiger partial charge in [0.2, 0.25) is 10.0 Å². The molecule has 5 rings (SSSR count). The van der Waals surface area contributed by atoms with Crippen LogP contribution < -0.4 is 4.72 Å². The standard InChI is InChI=1S/C39H42ClN3O5S/c1-38(2,3)48-37(44)47-36(28-49(45,46)42-26-25-30-19-21-34(40)22-20-30)24-23-35-27-43(29-41-35)39(31-13-7-4-8-14-31,32-15-9-5-10-16-32)33-17-11-6-12-18-33/h4-22,27,29,36,42H,23-26,28H2,1-3H3. The van der Waals surface area contributed by atoms with Crippen LogP contribution in [-0.2, 0) is 37.9 Å². The molecule has 0 bridgehead atoms. The van der Waals surface area contributed by atoms with Crippen molar-refractivity contribution in [2.24, 2.45) is 0 Å². The summed E-state index contributed by atoms with van der Waals surface area (Å²) in [6.07, 6.45) is 2.94. The number of ether oxygens (including phenoxy) is 2. The van der Waals surface area contributed by atoms with E-state index in [4.69, 9.17) is 26.1 Å². The molecule has 1 atom stereocenters. The normalized spacial score (nSPS) is 12.7. The maximum Gasteiger partial charge on any atom is 0.509 e. The SMILES string of the molecule is CC(C)(C)OC(=O)OC(CCc1cn(C(c2ccccc2)(c2ccccc2)c2ccccc2)cn1)CS(=O)(=O)NCCc1ccc(Cl)cc1. The third kappa shape index (κ3) is 9.59. The summed E-state index contributed by atoms with van der Waals surface area (Å²) < 4.78 is 42.1. The molecule has 0 aliphatic carbocycles. The first kappa shape index (κ1) is 35.9. The zero-order valence-electron chi connectivity index (χ0n) is 28.0. The van der Waals surface area contributed by atoms with Crippen LogP contribution in [0.25, 0.3) is 0 Å². The van der Waals surface area contributed by atoms with Crippen LogP contribution in [0, 0.1) is 0 Å². The molecule has 0 amide bonds. The van der Waals surface area contributed by atoms with Crippen molar-refractivity contribution >= 4 is 27.8 Å². The van der Waals surface area contributed by atoms with Gasteiger partial charge in [0.1, 0.15) is 23.0 Å². The van der Waals surface area contributed by atoms with E-state index in [0.29, 0.717) is 17.9 Å². The predicted molar refractivity (Wildman–Crippen MR) is 193 cm³/mol. The molecule has 0 spiro atoms. The Bertz CT molecular complexity index is 1800. The van der Waals surface area contributed by atoms with Crippen LogP contribution in [0.5, 0.6) is 0 Å². The van der Waals surface area contributed by atoms with E-state index in [1.165, 1.54) is 0 Å². The number of benzene rings is 4. The monoisotopic (exact) mass is 699 g/mol. The lowest BCUT2D eigenvalue weighted by Crippen LogP contribution is -2.37. The molecule has 49 heavy (non-hydrogen) atoms. The smallest absolute Gasteiger partial charge is 0.430 e. The number of halogens is 1. The first-order chi connectivity index (χ1) is 23.4. The molecule has 0 radical (unpaired) electrons. The highest BCUT2D eigenvalue weighted by atomic mass is 35.5. The second kappa shape index (κ2) is 15.8. The van der Waals surface area contributed by atoms with Crippen molar-refractivity contribution in [1.29, 1.82) is 0 Å². The predicted octanol–water partition coefficient (Wildman–Crippen LogP) is 7.79. The highest BCUT2D eigenvalue weighted by molar-refractivity contribution is 7.89. The summed E-state index contributed by atoms with van der Waals surface area (Å²) in [4.78, 5) is 17.5. The zero-order valence-corrected chi connectivity index (χ0v) is 29.5. The van der Waals surface area contributed by atoms with E-state index in [-0.39, 0.29) is 13.0 Å². The Balaban J connectivity index is 1.39. The Morgan fingerprint density at radius 2 is 1.35 bits per heavy atom. The molecule has 10 heteroatoms. The number of hydrogen-bond donors (Lipinski definition) is 1.